The van der Waals surface area contributed by atoms with E-state index in [1.54, 1.807) is 11.3 Å². The molecular weight excluding hydrogens is 470 g/mol. The molecule has 2 fully saturated rings. The lowest BCUT2D eigenvalue weighted by Gasteiger charge is -2.42. The summed E-state index contributed by atoms with van der Waals surface area (Å²) in [6.45, 7) is 5.40. The van der Waals surface area contributed by atoms with Gasteiger partial charge in [0.2, 0.25) is 0 Å². The molecule has 1 aliphatic heterocycles. The molecule has 8 heteroatoms. The van der Waals surface area contributed by atoms with E-state index in [-0.39, 0.29) is 6.10 Å². The van der Waals surface area contributed by atoms with Crippen molar-refractivity contribution in [2.45, 2.75) is 31.0 Å². The Morgan fingerprint density at radius 1 is 0.972 bits per heavy atom. The first-order valence-electron chi connectivity index (χ1n) is 12.5. The van der Waals surface area contributed by atoms with E-state index in [9.17, 15) is 5.11 Å². The lowest BCUT2D eigenvalue weighted by atomic mass is 9.70. The number of aliphatic hydroxyl groups excluding tert-OH is 1. The van der Waals surface area contributed by atoms with Crippen LogP contribution in [0.15, 0.2) is 67.0 Å². The standard InChI is InChI=1S/C28H31N5O2S/c29-28(16-24(34)17-28)23-8-6-20(7-9-23)25-26(21-4-2-1-3-5-21)36-27(31-25)22-18-30-33(19-22)11-10-32-12-14-35-15-13-32/h1-9,18-19,24,34H,10-17,29H2/t24-,28-. The summed E-state index contributed by atoms with van der Waals surface area (Å²) in [6.07, 6.45) is 4.94. The molecule has 186 valence electrons. The van der Waals surface area contributed by atoms with Gasteiger partial charge < -0.3 is 15.6 Å². The minimum absolute atomic E-state index is 0.296. The van der Waals surface area contributed by atoms with E-state index >= 15 is 0 Å². The first-order chi connectivity index (χ1) is 17.6. The van der Waals surface area contributed by atoms with Crippen LogP contribution in [0.25, 0.3) is 32.3 Å². The number of thiazole rings is 1. The van der Waals surface area contributed by atoms with Gasteiger partial charge in [-0.2, -0.15) is 5.10 Å². The number of benzene rings is 2. The summed E-state index contributed by atoms with van der Waals surface area (Å²) >= 11 is 1.70. The average molecular weight is 502 g/mol. The number of hydrogen-bond donors (Lipinski definition) is 2. The van der Waals surface area contributed by atoms with Gasteiger partial charge in [-0.25, -0.2) is 4.98 Å². The maximum absolute atomic E-state index is 9.75. The van der Waals surface area contributed by atoms with Gasteiger partial charge >= 0.3 is 0 Å². The summed E-state index contributed by atoms with van der Waals surface area (Å²) in [7, 11) is 0. The number of aromatic nitrogens is 3. The number of nitrogens with zero attached hydrogens (tertiary/aromatic N) is 4. The van der Waals surface area contributed by atoms with E-state index in [2.05, 4.69) is 64.7 Å². The van der Waals surface area contributed by atoms with E-state index in [1.165, 1.54) is 0 Å². The highest BCUT2D eigenvalue weighted by molar-refractivity contribution is 7.19. The van der Waals surface area contributed by atoms with E-state index in [1.807, 2.05) is 16.9 Å². The Bertz CT molecular complexity index is 1310. The van der Waals surface area contributed by atoms with Crippen LogP contribution in [-0.2, 0) is 16.8 Å². The van der Waals surface area contributed by atoms with Crippen LogP contribution in [0.3, 0.4) is 0 Å². The van der Waals surface area contributed by atoms with Gasteiger partial charge in [-0.3, -0.25) is 9.58 Å². The molecule has 0 amide bonds. The van der Waals surface area contributed by atoms with E-state index in [4.69, 9.17) is 15.5 Å². The van der Waals surface area contributed by atoms with Crippen LogP contribution >= 0.6 is 11.3 Å². The van der Waals surface area contributed by atoms with Crippen molar-refractivity contribution in [3.8, 4) is 32.3 Å². The van der Waals surface area contributed by atoms with Crippen molar-refractivity contribution in [1.29, 1.82) is 0 Å². The van der Waals surface area contributed by atoms with Crippen LogP contribution in [-0.4, -0.2) is 63.7 Å². The molecule has 6 rings (SSSR count). The van der Waals surface area contributed by atoms with Crippen molar-refractivity contribution >= 4 is 11.3 Å². The molecule has 0 radical (unpaired) electrons. The molecule has 4 aromatic rings. The molecule has 0 spiro atoms. The number of morpholine rings is 1. The second-order valence-corrected chi connectivity index (χ2v) is 10.8. The molecule has 2 aliphatic rings. The van der Waals surface area contributed by atoms with Gasteiger partial charge in [0.05, 0.1) is 42.6 Å². The molecule has 36 heavy (non-hydrogen) atoms. The molecule has 7 nitrogen and oxygen atoms in total. The van der Waals surface area contributed by atoms with Crippen molar-refractivity contribution in [2.75, 3.05) is 32.8 Å². The molecule has 1 saturated heterocycles. The maximum atomic E-state index is 9.75. The molecule has 0 unspecified atom stereocenters. The summed E-state index contributed by atoms with van der Waals surface area (Å²) in [5.41, 5.74) is 11.3. The maximum Gasteiger partial charge on any atom is 0.127 e. The van der Waals surface area contributed by atoms with Gasteiger partial charge in [-0.05, 0) is 24.0 Å². The molecule has 0 bridgehead atoms. The molecule has 0 atom stereocenters. The lowest BCUT2D eigenvalue weighted by Crippen LogP contribution is -2.51. The molecule has 2 aromatic carbocycles. The first-order valence-corrected chi connectivity index (χ1v) is 13.4. The van der Waals surface area contributed by atoms with E-state index in [0.717, 1.165) is 77.2 Å². The smallest absolute Gasteiger partial charge is 0.127 e. The Hall–Kier alpha value is -2.88. The second kappa shape index (κ2) is 9.88. The second-order valence-electron chi connectivity index (χ2n) is 9.80. The van der Waals surface area contributed by atoms with E-state index < -0.39 is 5.54 Å². The highest BCUT2D eigenvalue weighted by Crippen LogP contribution is 2.42. The average Bonchev–Trinajstić information content (AvgIpc) is 3.56. The summed E-state index contributed by atoms with van der Waals surface area (Å²) < 4.78 is 7.46. The monoisotopic (exact) mass is 501 g/mol. The predicted molar refractivity (Wildman–Crippen MR) is 143 cm³/mol. The largest absolute Gasteiger partial charge is 0.393 e. The van der Waals surface area contributed by atoms with Crippen molar-refractivity contribution in [3.63, 3.8) is 0 Å². The molecule has 2 aromatic heterocycles. The Morgan fingerprint density at radius 2 is 1.72 bits per heavy atom. The van der Waals surface area contributed by atoms with Gasteiger partial charge in [-0.1, -0.05) is 54.6 Å². The number of hydrogen-bond acceptors (Lipinski definition) is 7. The highest BCUT2D eigenvalue weighted by Gasteiger charge is 2.41. The zero-order valence-electron chi connectivity index (χ0n) is 20.2. The Labute approximate surface area is 215 Å². The molecule has 3 heterocycles. The summed E-state index contributed by atoms with van der Waals surface area (Å²) in [4.78, 5) is 8.65. The Balaban J connectivity index is 1.28. The fraction of sp³-hybridized carbons (Fsp3) is 0.357. The Kier molecular flexibility index (Phi) is 6.45. The van der Waals surface area contributed by atoms with Crippen LogP contribution in [0.5, 0.6) is 0 Å². The van der Waals surface area contributed by atoms with Crippen LogP contribution in [0.2, 0.25) is 0 Å². The summed E-state index contributed by atoms with van der Waals surface area (Å²) in [6, 6.07) is 18.8. The zero-order chi connectivity index (χ0) is 24.5. The van der Waals surface area contributed by atoms with E-state index in [0.29, 0.717) is 12.8 Å². The third kappa shape index (κ3) is 4.75. The lowest BCUT2D eigenvalue weighted by molar-refractivity contribution is 0.0209. The SMILES string of the molecule is N[C@]1(c2ccc(-c3nc(-c4cnn(CCN5CCOCC5)c4)sc3-c3ccccc3)cc2)C[C@@H](O)C1. The third-order valence-electron chi connectivity index (χ3n) is 7.23. The van der Waals surface area contributed by atoms with Crippen LogP contribution < -0.4 is 5.73 Å². The fourth-order valence-corrected chi connectivity index (χ4v) is 6.13. The fourth-order valence-electron chi connectivity index (χ4n) is 5.07. The quantitative estimate of drug-likeness (QED) is 0.398. The minimum Gasteiger partial charge on any atom is -0.393 e. The molecule has 1 saturated carbocycles. The summed E-state index contributed by atoms with van der Waals surface area (Å²) in [5, 5.41) is 15.3. The molecule has 1 aliphatic carbocycles. The van der Waals surface area contributed by atoms with Crippen molar-refractivity contribution in [3.05, 3.63) is 72.6 Å². The van der Waals surface area contributed by atoms with Gasteiger partial charge in [0.15, 0.2) is 0 Å². The van der Waals surface area contributed by atoms with Crippen LogP contribution in [0.4, 0.5) is 0 Å². The van der Waals surface area contributed by atoms with Crippen molar-refractivity contribution in [1.82, 2.24) is 19.7 Å². The Morgan fingerprint density at radius 3 is 2.44 bits per heavy atom. The normalized spacial score (nSPS) is 22.4. The number of aliphatic hydroxyl groups is 1. The number of ether oxygens (including phenoxy) is 1. The number of nitrogens with two attached hydrogens (primary N) is 1. The topological polar surface area (TPSA) is 89.4 Å². The minimum atomic E-state index is -0.427. The van der Waals surface area contributed by atoms with Crippen LogP contribution in [0.1, 0.15) is 18.4 Å². The summed E-state index contributed by atoms with van der Waals surface area (Å²) in [5.74, 6) is 0. The van der Waals surface area contributed by atoms with Gasteiger partial charge in [0.1, 0.15) is 5.01 Å². The zero-order valence-corrected chi connectivity index (χ0v) is 21.0. The third-order valence-corrected chi connectivity index (χ3v) is 8.38. The first kappa shape index (κ1) is 23.5. The molecular formula is C28H31N5O2S. The van der Waals surface area contributed by atoms with Crippen LogP contribution in [0, 0.1) is 0 Å². The molecule has 3 N–H and O–H groups in total. The van der Waals surface area contributed by atoms with Crippen molar-refractivity contribution < 1.29 is 9.84 Å². The predicted octanol–water partition coefficient (Wildman–Crippen LogP) is 3.98. The highest BCUT2D eigenvalue weighted by atomic mass is 32.1. The van der Waals surface area contributed by atoms with Gasteiger partial charge in [0, 0.05) is 42.5 Å². The number of rotatable bonds is 7. The van der Waals surface area contributed by atoms with Crippen molar-refractivity contribution in [2.24, 2.45) is 5.73 Å². The van der Waals surface area contributed by atoms with Gasteiger partial charge in [0.25, 0.3) is 0 Å². The van der Waals surface area contributed by atoms with Gasteiger partial charge in [-0.15, -0.1) is 11.3 Å².